The van der Waals surface area contributed by atoms with E-state index in [1.165, 1.54) is 5.56 Å². The van der Waals surface area contributed by atoms with E-state index in [1.807, 2.05) is 19.2 Å². The summed E-state index contributed by atoms with van der Waals surface area (Å²) in [5, 5.41) is 3.31. The number of hydrogen-bond donors (Lipinski definition) is 1. The van der Waals surface area contributed by atoms with Crippen molar-refractivity contribution in [1.29, 1.82) is 0 Å². The first-order valence-corrected chi connectivity index (χ1v) is 7.56. The van der Waals surface area contributed by atoms with Gasteiger partial charge in [-0.2, -0.15) is 0 Å². The lowest BCUT2D eigenvalue weighted by Gasteiger charge is -2.21. The van der Waals surface area contributed by atoms with Gasteiger partial charge >= 0.3 is 0 Å². The Balaban J connectivity index is 2.13. The van der Waals surface area contributed by atoms with Gasteiger partial charge in [0.05, 0.1) is 0 Å². The highest BCUT2D eigenvalue weighted by molar-refractivity contribution is 5.34. The molecule has 2 rings (SSSR count). The Hall–Kier alpha value is -1.94. The van der Waals surface area contributed by atoms with Gasteiger partial charge < -0.3 is 10.2 Å². The molecule has 0 aliphatic rings. The van der Waals surface area contributed by atoms with Crippen LogP contribution in [0.4, 0.5) is 5.95 Å². The van der Waals surface area contributed by atoms with Crippen molar-refractivity contribution in [2.75, 3.05) is 18.0 Å². The SMILES string of the molecule is CCNCc1cnc(N(CC)Cc2ccccc2)nc1C. The molecule has 0 fully saturated rings. The van der Waals surface area contributed by atoms with Crippen molar-refractivity contribution in [3.63, 3.8) is 0 Å². The molecule has 112 valence electrons. The average molecular weight is 284 g/mol. The lowest BCUT2D eigenvalue weighted by atomic mass is 10.2. The van der Waals surface area contributed by atoms with E-state index in [2.05, 4.69) is 58.3 Å². The molecule has 1 aromatic carbocycles. The summed E-state index contributed by atoms with van der Waals surface area (Å²) in [6.45, 7) is 9.79. The summed E-state index contributed by atoms with van der Waals surface area (Å²) < 4.78 is 0. The lowest BCUT2D eigenvalue weighted by molar-refractivity contribution is 0.711. The van der Waals surface area contributed by atoms with E-state index in [9.17, 15) is 0 Å². The average Bonchev–Trinajstić information content (AvgIpc) is 2.52. The molecule has 0 saturated carbocycles. The van der Waals surface area contributed by atoms with Crippen molar-refractivity contribution in [3.8, 4) is 0 Å². The van der Waals surface area contributed by atoms with Crippen LogP contribution in [0.1, 0.15) is 30.7 Å². The second kappa shape index (κ2) is 7.74. The molecule has 0 unspecified atom stereocenters. The Morgan fingerprint density at radius 2 is 1.90 bits per heavy atom. The van der Waals surface area contributed by atoms with Gasteiger partial charge in [-0.05, 0) is 26.0 Å². The summed E-state index contributed by atoms with van der Waals surface area (Å²) >= 11 is 0. The molecular weight excluding hydrogens is 260 g/mol. The monoisotopic (exact) mass is 284 g/mol. The third kappa shape index (κ3) is 4.26. The Morgan fingerprint density at radius 3 is 2.52 bits per heavy atom. The number of aromatic nitrogens is 2. The zero-order valence-electron chi connectivity index (χ0n) is 13.1. The van der Waals surface area contributed by atoms with Crippen LogP contribution >= 0.6 is 0 Å². The summed E-state index contributed by atoms with van der Waals surface area (Å²) in [6, 6.07) is 10.4. The normalized spacial score (nSPS) is 10.6. The van der Waals surface area contributed by atoms with Crippen molar-refractivity contribution in [3.05, 3.63) is 53.3 Å². The van der Waals surface area contributed by atoms with Crippen LogP contribution in [0.15, 0.2) is 36.5 Å². The zero-order chi connectivity index (χ0) is 15.1. The number of nitrogens with one attached hydrogen (secondary N) is 1. The zero-order valence-corrected chi connectivity index (χ0v) is 13.1. The molecule has 21 heavy (non-hydrogen) atoms. The second-order valence-corrected chi connectivity index (χ2v) is 5.06. The predicted octanol–water partition coefficient (Wildman–Crippen LogP) is 2.92. The highest BCUT2D eigenvalue weighted by atomic mass is 15.2. The first kappa shape index (κ1) is 15.4. The quantitative estimate of drug-likeness (QED) is 0.849. The Bertz CT molecular complexity index is 554. The fraction of sp³-hybridized carbons (Fsp3) is 0.412. The highest BCUT2D eigenvalue weighted by Gasteiger charge is 2.10. The van der Waals surface area contributed by atoms with E-state index in [1.54, 1.807) is 0 Å². The van der Waals surface area contributed by atoms with Crippen LogP contribution in [0, 0.1) is 6.92 Å². The van der Waals surface area contributed by atoms with Crippen LogP contribution in [0.2, 0.25) is 0 Å². The van der Waals surface area contributed by atoms with Crippen LogP contribution in [0.5, 0.6) is 0 Å². The number of nitrogens with zero attached hydrogens (tertiary/aromatic N) is 3. The molecule has 1 N–H and O–H groups in total. The molecule has 0 aliphatic heterocycles. The maximum Gasteiger partial charge on any atom is 0.225 e. The van der Waals surface area contributed by atoms with Gasteiger partial charge in [-0.25, -0.2) is 9.97 Å². The van der Waals surface area contributed by atoms with Gasteiger partial charge in [0.1, 0.15) is 0 Å². The van der Waals surface area contributed by atoms with Gasteiger partial charge in [0.15, 0.2) is 0 Å². The van der Waals surface area contributed by atoms with E-state index < -0.39 is 0 Å². The minimum Gasteiger partial charge on any atom is -0.337 e. The minimum atomic E-state index is 0.805. The molecule has 0 radical (unpaired) electrons. The van der Waals surface area contributed by atoms with Crippen LogP contribution in [0.3, 0.4) is 0 Å². The molecule has 0 bridgehead atoms. The number of hydrogen-bond acceptors (Lipinski definition) is 4. The van der Waals surface area contributed by atoms with Gasteiger partial charge in [-0.15, -0.1) is 0 Å². The number of benzene rings is 1. The van der Waals surface area contributed by atoms with Crippen LogP contribution in [-0.4, -0.2) is 23.1 Å². The number of anilines is 1. The van der Waals surface area contributed by atoms with Crippen LogP contribution < -0.4 is 10.2 Å². The van der Waals surface area contributed by atoms with Gasteiger partial charge in [0.2, 0.25) is 5.95 Å². The van der Waals surface area contributed by atoms with E-state index >= 15 is 0 Å². The molecule has 4 heteroatoms. The lowest BCUT2D eigenvalue weighted by Crippen LogP contribution is -2.25. The molecule has 0 saturated heterocycles. The van der Waals surface area contributed by atoms with Crippen molar-refractivity contribution in [2.45, 2.75) is 33.9 Å². The van der Waals surface area contributed by atoms with Crippen LogP contribution in [-0.2, 0) is 13.1 Å². The number of aryl methyl sites for hydroxylation is 1. The van der Waals surface area contributed by atoms with Crippen molar-refractivity contribution >= 4 is 5.95 Å². The van der Waals surface area contributed by atoms with Gasteiger partial charge in [0.25, 0.3) is 0 Å². The first-order chi connectivity index (χ1) is 10.2. The van der Waals surface area contributed by atoms with Gasteiger partial charge in [-0.1, -0.05) is 37.3 Å². The molecule has 1 aromatic heterocycles. The van der Waals surface area contributed by atoms with Crippen LogP contribution in [0.25, 0.3) is 0 Å². The van der Waals surface area contributed by atoms with E-state index in [4.69, 9.17) is 0 Å². The summed E-state index contributed by atoms with van der Waals surface area (Å²) in [5.41, 5.74) is 3.49. The third-order valence-corrected chi connectivity index (χ3v) is 3.51. The fourth-order valence-corrected chi connectivity index (χ4v) is 2.19. The maximum absolute atomic E-state index is 4.67. The molecule has 1 heterocycles. The van der Waals surface area contributed by atoms with Crippen molar-refractivity contribution in [1.82, 2.24) is 15.3 Å². The minimum absolute atomic E-state index is 0.805. The Morgan fingerprint density at radius 1 is 1.14 bits per heavy atom. The van der Waals surface area contributed by atoms with Gasteiger partial charge in [-0.3, -0.25) is 0 Å². The molecule has 0 atom stereocenters. The molecule has 4 nitrogen and oxygen atoms in total. The summed E-state index contributed by atoms with van der Waals surface area (Å²) in [5.74, 6) is 0.805. The fourth-order valence-electron chi connectivity index (χ4n) is 2.19. The molecule has 2 aromatic rings. The largest absolute Gasteiger partial charge is 0.337 e. The van der Waals surface area contributed by atoms with Crippen molar-refractivity contribution in [2.24, 2.45) is 0 Å². The molecule has 0 aliphatic carbocycles. The van der Waals surface area contributed by atoms with Gasteiger partial charge in [0, 0.05) is 37.1 Å². The first-order valence-electron chi connectivity index (χ1n) is 7.56. The molecule has 0 amide bonds. The molecule has 0 spiro atoms. The maximum atomic E-state index is 4.67. The standard InChI is InChI=1S/C17H24N4/c1-4-18-11-16-12-19-17(20-14(16)3)21(5-2)13-15-9-7-6-8-10-15/h6-10,12,18H,4-5,11,13H2,1-3H3. The smallest absolute Gasteiger partial charge is 0.225 e. The third-order valence-electron chi connectivity index (χ3n) is 3.51. The summed E-state index contributed by atoms with van der Waals surface area (Å²) in [4.78, 5) is 11.4. The summed E-state index contributed by atoms with van der Waals surface area (Å²) in [7, 11) is 0. The number of rotatable bonds is 7. The second-order valence-electron chi connectivity index (χ2n) is 5.06. The predicted molar refractivity (Wildman–Crippen MR) is 87.3 cm³/mol. The molecular formula is C17H24N4. The Labute approximate surface area is 127 Å². The highest BCUT2D eigenvalue weighted by Crippen LogP contribution is 2.14. The van der Waals surface area contributed by atoms with Crippen molar-refractivity contribution < 1.29 is 0 Å². The summed E-state index contributed by atoms with van der Waals surface area (Å²) in [6.07, 6.45) is 1.94. The Kier molecular flexibility index (Phi) is 5.69. The van der Waals surface area contributed by atoms with E-state index in [0.717, 1.165) is 43.4 Å². The van der Waals surface area contributed by atoms with E-state index in [0.29, 0.717) is 0 Å². The topological polar surface area (TPSA) is 41.1 Å². The van der Waals surface area contributed by atoms with E-state index in [-0.39, 0.29) is 0 Å².